The zero-order chi connectivity index (χ0) is 20.9. The Morgan fingerprint density at radius 1 is 1.06 bits per heavy atom. The van der Waals surface area contributed by atoms with Gasteiger partial charge in [-0.1, -0.05) is 6.07 Å². The molecule has 3 N–H and O–H groups in total. The highest BCUT2D eigenvalue weighted by Gasteiger charge is 2.17. The molecular formula is C22H17F2N7. The minimum atomic E-state index is -0.629. The lowest BCUT2D eigenvalue weighted by Gasteiger charge is -2.13. The number of aromatic amines is 1. The van der Waals surface area contributed by atoms with Crippen LogP contribution in [0, 0.1) is 11.6 Å². The fourth-order valence-corrected chi connectivity index (χ4v) is 4.11. The van der Waals surface area contributed by atoms with Crippen molar-refractivity contribution in [2.75, 3.05) is 11.9 Å². The zero-order valence-corrected chi connectivity index (χ0v) is 16.3. The quantitative estimate of drug-likeness (QED) is 0.414. The predicted octanol–water partition coefficient (Wildman–Crippen LogP) is 3.96. The van der Waals surface area contributed by atoms with Gasteiger partial charge in [0.2, 0.25) is 5.95 Å². The Balaban J connectivity index is 1.39. The molecule has 0 amide bonds. The first-order valence-corrected chi connectivity index (χ1v) is 9.93. The highest BCUT2D eigenvalue weighted by molar-refractivity contribution is 5.88. The third kappa shape index (κ3) is 2.93. The smallest absolute Gasteiger partial charge is 0.229 e. The molecule has 0 fully saturated rings. The van der Waals surface area contributed by atoms with E-state index in [2.05, 4.69) is 30.6 Å². The van der Waals surface area contributed by atoms with Crippen LogP contribution in [0.25, 0.3) is 27.8 Å². The topological polar surface area (TPSA) is 83.5 Å². The molecule has 0 radical (unpaired) electrons. The molecule has 0 saturated heterocycles. The number of benzene rings is 2. The van der Waals surface area contributed by atoms with E-state index in [1.54, 1.807) is 12.1 Å². The number of hydrogen-bond donors (Lipinski definition) is 3. The molecule has 0 atom stereocenters. The molecule has 0 spiro atoms. The average Bonchev–Trinajstić information content (AvgIpc) is 3.37. The van der Waals surface area contributed by atoms with Gasteiger partial charge in [-0.05, 0) is 35.9 Å². The first-order valence-electron chi connectivity index (χ1n) is 9.93. The maximum Gasteiger partial charge on any atom is 0.229 e. The van der Waals surface area contributed by atoms with Crippen LogP contribution < -0.4 is 10.6 Å². The van der Waals surface area contributed by atoms with Gasteiger partial charge in [-0.15, -0.1) is 0 Å². The van der Waals surface area contributed by atoms with Crippen molar-refractivity contribution in [1.82, 2.24) is 29.8 Å². The number of rotatable bonds is 3. The van der Waals surface area contributed by atoms with E-state index in [9.17, 15) is 8.78 Å². The molecule has 4 heterocycles. The molecule has 5 aromatic rings. The minimum Gasteiger partial charge on any atom is -0.358 e. The standard InChI is InChI=1S/C22H17F2N7/c23-15-2-1-3-19-20(15)27-11-31(19)21-16(24)10-26-22(30-21)28-12-4-5-17-13(8-12)14-9-25-7-6-18(14)29-17/h1-5,8,10-11,25,29H,6-7,9H2,(H,26,28,30). The van der Waals surface area contributed by atoms with Gasteiger partial charge < -0.3 is 15.6 Å². The molecule has 7 nitrogen and oxygen atoms in total. The normalized spacial score (nSPS) is 13.6. The van der Waals surface area contributed by atoms with Gasteiger partial charge in [0.05, 0.1) is 11.7 Å². The summed E-state index contributed by atoms with van der Waals surface area (Å²) in [7, 11) is 0. The molecule has 3 aromatic heterocycles. The molecule has 154 valence electrons. The van der Waals surface area contributed by atoms with Crippen LogP contribution in [-0.2, 0) is 13.0 Å². The number of fused-ring (bicyclic) bond motifs is 4. The van der Waals surface area contributed by atoms with Crippen LogP contribution in [-0.4, -0.2) is 31.0 Å². The maximum atomic E-state index is 14.5. The number of halogens is 2. The molecule has 1 aliphatic heterocycles. The number of H-pyrrole nitrogens is 1. The van der Waals surface area contributed by atoms with Gasteiger partial charge in [0.25, 0.3) is 0 Å². The summed E-state index contributed by atoms with van der Waals surface area (Å²) < 4.78 is 29.9. The van der Waals surface area contributed by atoms with Crippen LogP contribution in [0.1, 0.15) is 11.3 Å². The lowest BCUT2D eigenvalue weighted by atomic mass is 10.1. The third-order valence-electron chi connectivity index (χ3n) is 5.59. The maximum absolute atomic E-state index is 14.5. The Bertz CT molecular complexity index is 1450. The van der Waals surface area contributed by atoms with Crippen LogP contribution in [0.15, 0.2) is 48.9 Å². The predicted molar refractivity (Wildman–Crippen MR) is 114 cm³/mol. The van der Waals surface area contributed by atoms with Gasteiger partial charge in [0.15, 0.2) is 17.5 Å². The second-order valence-electron chi connectivity index (χ2n) is 7.48. The van der Waals surface area contributed by atoms with Crippen molar-refractivity contribution in [2.24, 2.45) is 0 Å². The molecule has 6 rings (SSSR count). The summed E-state index contributed by atoms with van der Waals surface area (Å²) in [4.78, 5) is 15.9. The van der Waals surface area contributed by atoms with E-state index in [4.69, 9.17) is 0 Å². The van der Waals surface area contributed by atoms with E-state index in [1.807, 2.05) is 18.2 Å². The average molecular weight is 417 g/mol. The second-order valence-corrected chi connectivity index (χ2v) is 7.48. The first kappa shape index (κ1) is 18.0. The van der Waals surface area contributed by atoms with E-state index >= 15 is 0 Å². The Morgan fingerprint density at radius 3 is 2.94 bits per heavy atom. The summed E-state index contributed by atoms with van der Waals surface area (Å²) in [5.74, 6) is -0.872. The minimum absolute atomic E-state index is 0.00472. The summed E-state index contributed by atoms with van der Waals surface area (Å²) >= 11 is 0. The number of nitrogens with one attached hydrogen (secondary N) is 3. The number of aromatic nitrogens is 5. The summed E-state index contributed by atoms with van der Waals surface area (Å²) in [6, 6.07) is 10.5. The van der Waals surface area contributed by atoms with Crippen molar-refractivity contribution in [2.45, 2.75) is 13.0 Å². The molecule has 31 heavy (non-hydrogen) atoms. The second kappa shape index (κ2) is 6.85. The molecule has 9 heteroatoms. The fourth-order valence-electron chi connectivity index (χ4n) is 4.11. The molecule has 0 aliphatic carbocycles. The van der Waals surface area contributed by atoms with Crippen LogP contribution in [0.4, 0.5) is 20.4 Å². The third-order valence-corrected chi connectivity index (χ3v) is 5.59. The highest BCUT2D eigenvalue weighted by atomic mass is 19.1. The van der Waals surface area contributed by atoms with Gasteiger partial charge in [-0.25, -0.2) is 18.7 Å². The van der Waals surface area contributed by atoms with Crippen molar-refractivity contribution >= 4 is 33.6 Å². The largest absolute Gasteiger partial charge is 0.358 e. The zero-order valence-electron chi connectivity index (χ0n) is 16.3. The Hall–Kier alpha value is -3.85. The fraction of sp³-hybridized carbons (Fsp3) is 0.136. The Morgan fingerprint density at radius 2 is 2.00 bits per heavy atom. The van der Waals surface area contributed by atoms with Gasteiger partial charge >= 0.3 is 0 Å². The summed E-state index contributed by atoms with van der Waals surface area (Å²) in [5.41, 5.74) is 4.97. The summed E-state index contributed by atoms with van der Waals surface area (Å²) in [6.45, 7) is 1.78. The van der Waals surface area contributed by atoms with Crippen molar-refractivity contribution in [3.05, 3.63) is 71.8 Å². The van der Waals surface area contributed by atoms with Crippen LogP contribution in [0.3, 0.4) is 0 Å². The molecule has 0 saturated carbocycles. The highest BCUT2D eigenvalue weighted by Crippen LogP contribution is 2.29. The molecular weight excluding hydrogens is 400 g/mol. The van der Waals surface area contributed by atoms with E-state index in [1.165, 1.54) is 28.2 Å². The van der Waals surface area contributed by atoms with Crippen LogP contribution in [0.5, 0.6) is 0 Å². The number of imidazole rings is 1. The SMILES string of the molecule is Fc1cnc(Nc2ccc3[nH]c4c(c3c2)CNCC4)nc1-n1cnc2c(F)cccc21. The lowest BCUT2D eigenvalue weighted by molar-refractivity contribution is 0.604. The van der Waals surface area contributed by atoms with Crippen molar-refractivity contribution in [3.63, 3.8) is 0 Å². The Kier molecular flexibility index (Phi) is 3.97. The summed E-state index contributed by atoms with van der Waals surface area (Å²) in [5, 5.41) is 7.67. The van der Waals surface area contributed by atoms with Crippen LogP contribution >= 0.6 is 0 Å². The number of para-hydroxylation sites is 1. The van der Waals surface area contributed by atoms with E-state index in [0.29, 0.717) is 5.52 Å². The van der Waals surface area contributed by atoms with Gasteiger partial charge in [0.1, 0.15) is 11.8 Å². The molecule has 0 unspecified atom stereocenters. The van der Waals surface area contributed by atoms with E-state index < -0.39 is 11.6 Å². The van der Waals surface area contributed by atoms with Crippen molar-refractivity contribution < 1.29 is 8.78 Å². The molecule has 0 bridgehead atoms. The van der Waals surface area contributed by atoms with Gasteiger partial charge in [-0.2, -0.15) is 4.98 Å². The van der Waals surface area contributed by atoms with Crippen molar-refractivity contribution in [1.29, 1.82) is 0 Å². The number of nitrogens with zero attached hydrogens (tertiary/aromatic N) is 4. The molecule has 1 aliphatic rings. The Labute approximate surface area is 175 Å². The van der Waals surface area contributed by atoms with Crippen molar-refractivity contribution in [3.8, 4) is 5.82 Å². The first-order chi connectivity index (χ1) is 15.2. The lowest BCUT2D eigenvalue weighted by Crippen LogP contribution is -2.22. The monoisotopic (exact) mass is 417 g/mol. The molecule has 2 aromatic carbocycles. The number of anilines is 2. The van der Waals surface area contributed by atoms with E-state index in [0.717, 1.165) is 42.3 Å². The summed E-state index contributed by atoms with van der Waals surface area (Å²) in [6.07, 6.45) is 3.42. The van der Waals surface area contributed by atoms with E-state index in [-0.39, 0.29) is 17.3 Å². The van der Waals surface area contributed by atoms with Gasteiger partial charge in [-0.3, -0.25) is 4.57 Å². The van der Waals surface area contributed by atoms with Gasteiger partial charge in [0, 0.05) is 41.8 Å². The van der Waals surface area contributed by atoms with Crippen LogP contribution in [0.2, 0.25) is 0 Å². The number of hydrogen-bond acceptors (Lipinski definition) is 5.